The van der Waals surface area contributed by atoms with Crippen molar-refractivity contribution >= 4 is 12.1 Å². The van der Waals surface area contributed by atoms with Gasteiger partial charge in [0.15, 0.2) is 6.61 Å². The first-order chi connectivity index (χ1) is 17.1. The maximum atomic E-state index is 12.2. The highest BCUT2D eigenvalue weighted by Crippen LogP contribution is 2.25. The SMILES string of the molecule is CCCOc1ccc(-c2nn(-c3ccccc3)cc2C=NNC(=O)COc2cccc(C)c2)cc1. The van der Waals surface area contributed by atoms with Crippen molar-refractivity contribution in [1.29, 1.82) is 0 Å². The Morgan fingerprint density at radius 1 is 1.00 bits per heavy atom. The van der Waals surface area contributed by atoms with E-state index in [9.17, 15) is 4.79 Å². The predicted molar refractivity (Wildman–Crippen MR) is 137 cm³/mol. The Morgan fingerprint density at radius 3 is 2.54 bits per heavy atom. The summed E-state index contributed by atoms with van der Waals surface area (Å²) in [6, 6.07) is 25.2. The molecule has 35 heavy (non-hydrogen) atoms. The van der Waals surface area contributed by atoms with E-state index < -0.39 is 0 Å². The van der Waals surface area contributed by atoms with Crippen molar-refractivity contribution in [2.45, 2.75) is 20.3 Å². The number of aryl methyl sites for hydroxylation is 1. The minimum Gasteiger partial charge on any atom is -0.494 e. The number of carbonyl (C=O) groups excluding carboxylic acids is 1. The minimum absolute atomic E-state index is 0.129. The normalized spacial score (nSPS) is 10.9. The highest BCUT2D eigenvalue weighted by atomic mass is 16.5. The molecule has 0 spiro atoms. The fraction of sp³-hybridized carbons (Fsp3) is 0.179. The zero-order valence-electron chi connectivity index (χ0n) is 19.8. The molecule has 0 radical (unpaired) electrons. The smallest absolute Gasteiger partial charge is 0.277 e. The molecule has 0 aliphatic heterocycles. The van der Waals surface area contributed by atoms with Crippen LogP contribution in [0.2, 0.25) is 0 Å². The zero-order chi connectivity index (χ0) is 24.5. The Bertz CT molecular complexity index is 1280. The van der Waals surface area contributed by atoms with Crippen LogP contribution in [-0.2, 0) is 4.79 Å². The van der Waals surface area contributed by atoms with E-state index in [-0.39, 0.29) is 12.5 Å². The molecule has 4 aromatic rings. The predicted octanol–water partition coefficient (Wildman–Crippen LogP) is 5.17. The Labute approximate surface area is 205 Å². The van der Waals surface area contributed by atoms with Crippen LogP contribution in [0.15, 0.2) is 90.2 Å². The van der Waals surface area contributed by atoms with Crippen molar-refractivity contribution in [3.8, 4) is 28.4 Å². The van der Waals surface area contributed by atoms with E-state index in [2.05, 4.69) is 17.5 Å². The van der Waals surface area contributed by atoms with Gasteiger partial charge >= 0.3 is 0 Å². The Hall–Kier alpha value is -4.39. The second-order valence-corrected chi connectivity index (χ2v) is 7.98. The van der Waals surface area contributed by atoms with E-state index >= 15 is 0 Å². The summed E-state index contributed by atoms with van der Waals surface area (Å²) in [6.45, 7) is 4.59. The molecule has 178 valence electrons. The lowest BCUT2D eigenvalue weighted by Gasteiger charge is -2.06. The van der Waals surface area contributed by atoms with Gasteiger partial charge in [-0.05, 0) is 67.4 Å². The minimum atomic E-state index is -0.350. The van der Waals surface area contributed by atoms with Crippen molar-refractivity contribution in [2.75, 3.05) is 13.2 Å². The third-order valence-electron chi connectivity index (χ3n) is 5.12. The van der Waals surface area contributed by atoms with E-state index in [4.69, 9.17) is 14.6 Å². The maximum Gasteiger partial charge on any atom is 0.277 e. The third-order valence-corrected chi connectivity index (χ3v) is 5.12. The lowest BCUT2D eigenvalue weighted by molar-refractivity contribution is -0.123. The second-order valence-electron chi connectivity index (χ2n) is 7.98. The lowest BCUT2D eigenvalue weighted by atomic mass is 10.1. The summed E-state index contributed by atoms with van der Waals surface area (Å²) >= 11 is 0. The van der Waals surface area contributed by atoms with Crippen LogP contribution in [0.1, 0.15) is 24.5 Å². The van der Waals surface area contributed by atoms with Crippen LogP contribution in [0.4, 0.5) is 0 Å². The zero-order valence-corrected chi connectivity index (χ0v) is 19.8. The molecule has 0 aliphatic rings. The number of carbonyl (C=O) groups is 1. The van der Waals surface area contributed by atoms with E-state index in [1.807, 2.05) is 92.0 Å². The first-order valence-corrected chi connectivity index (χ1v) is 11.5. The lowest BCUT2D eigenvalue weighted by Crippen LogP contribution is -2.24. The molecule has 0 saturated carbocycles. The number of nitrogens with zero attached hydrogens (tertiary/aromatic N) is 3. The van der Waals surface area contributed by atoms with Crippen molar-refractivity contribution in [3.63, 3.8) is 0 Å². The van der Waals surface area contributed by atoms with E-state index in [0.29, 0.717) is 12.4 Å². The number of nitrogens with one attached hydrogen (secondary N) is 1. The summed E-state index contributed by atoms with van der Waals surface area (Å²) in [6.07, 6.45) is 4.42. The molecule has 0 fully saturated rings. The quantitative estimate of drug-likeness (QED) is 0.257. The highest BCUT2D eigenvalue weighted by molar-refractivity contribution is 5.89. The molecular formula is C28H28N4O3. The van der Waals surface area contributed by atoms with E-state index in [0.717, 1.165) is 40.2 Å². The summed E-state index contributed by atoms with van der Waals surface area (Å²) in [5.74, 6) is 1.10. The fourth-order valence-electron chi connectivity index (χ4n) is 3.41. The summed E-state index contributed by atoms with van der Waals surface area (Å²) in [4.78, 5) is 12.2. The molecule has 7 heteroatoms. The Kier molecular flexibility index (Phi) is 7.91. The molecule has 0 aliphatic carbocycles. The monoisotopic (exact) mass is 468 g/mol. The maximum absolute atomic E-state index is 12.2. The average molecular weight is 469 g/mol. The van der Waals surface area contributed by atoms with Crippen molar-refractivity contribution in [3.05, 3.63) is 96.2 Å². The van der Waals surface area contributed by atoms with Gasteiger partial charge in [-0.1, -0.05) is 37.3 Å². The van der Waals surface area contributed by atoms with Crippen LogP contribution in [-0.4, -0.2) is 35.1 Å². The molecule has 1 amide bonds. The number of benzene rings is 3. The Balaban J connectivity index is 1.49. The second kappa shape index (κ2) is 11.7. The van der Waals surface area contributed by atoms with E-state index in [1.54, 1.807) is 10.9 Å². The van der Waals surface area contributed by atoms with Gasteiger partial charge in [0.05, 0.1) is 18.5 Å². The number of hydrazone groups is 1. The molecule has 1 N–H and O–H groups in total. The van der Waals surface area contributed by atoms with Crippen LogP contribution >= 0.6 is 0 Å². The molecular weight excluding hydrogens is 440 g/mol. The molecule has 0 unspecified atom stereocenters. The Morgan fingerprint density at radius 2 is 1.80 bits per heavy atom. The number of amides is 1. The number of aromatic nitrogens is 2. The topological polar surface area (TPSA) is 77.7 Å². The first-order valence-electron chi connectivity index (χ1n) is 11.5. The van der Waals surface area contributed by atoms with Crippen LogP contribution < -0.4 is 14.9 Å². The van der Waals surface area contributed by atoms with Gasteiger partial charge in [-0.25, -0.2) is 10.1 Å². The van der Waals surface area contributed by atoms with Crippen LogP contribution in [0.5, 0.6) is 11.5 Å². The molecule has 3 aromatic carbocycles. The fourth-order valence-corrected chi connectivity index (χ4v) is 3.41. The number of rotatable bonds is 10. The first kappa shape index (κ1) is 23.8. The molecule has 0 saturated heterocycles. The molecule has 1 aromatic heterocycles. The van der Waals surface area contributed by atoms with Gasteiger partial charge in [0, 0.05) is 17.3 Å². The van der Waals surface area contributed by atoms with Crippen molar-refractivity contribution < 1.29 is 14.3 Å². The van der Waals surface area contributed by atoms with Gasteiger partial charge in [-0.3, -0.25) is 4.79 Å². The summed E-state index contributed by atoms with van der Waals surface area (Å²) in [5, 5.41) is 8.91. The van der Waals surface area contributed by atoms with Crippen LogP contribution in [0.3, 0.4) is 0 Å². The number of hydrogen-bond acceptors (Lipinski definition) is 5. The number of hydrogen-bond donors (Lipinski definition) is 1. The molecule has 0 bridgehead atoms. The van der Waals surface area contributed by atoms with Gasteiger partial charge in [-0.15, -0.1) is 0 Å². The molecule has 1 heterocycles. The summed E-state index contributed by atoms with van der Waals surface area (Å²) in [5.41, 5.74) is 6.93. The van der Waals surface area contributed by atoms with Crippen molar-refractivity contribution in [2.24, 2.45) is 5.10 Å². The molecule has 7 nitrogen and oxygen atoms in total. The third kappa shape index (κ3) is 6.57. The summed E-state index contributed by atoms with van der Waals surface area (Å²) in [7, 11) is 0. The number of para-hydroxylation sites is 1. The van der Waals surface area contributed by atoms with Gasteiger partial charge in [0.25, 0.3) is 5.91 Å². The van der Waals surface area contributed by atoms with Gasteiger partial charge < -0.3 is 9.47 Å². The van der Waals surface area contributed by atoms with Gasteiger partial charge in [0.2, 0.25) is 0 Å². The largest absolute Gasteiger partial charge is 0.494 e. The van der Waals surface area contributed by atoms with Crippen LogP contribution in [0, 0.1) is 6.92 Å². The standard InChI is InChI=1S/C28H28N4O3/c1-3-16-34-25-14-12-22(13-15-25)28-23(19-32(31-28)24-9-5-4-6-10-24)18-29-30-27(33)20-35-26-11-7-8-21(2)17-26/h4-15,17-19H,3,16,20H2,1-2H3,(H,30,33). The van der Waals surface area contributed by atoms with E-state index in [1.165, 1.54) is 0 Å². The van der Waals surface area contributed by atoms with Gasteiger partial charge in [-0.2, -0.15) is 10.2 Å². The number of ether oxygens (including phenoxy) is 2. The molecule has 4 rings (SSSR count). The van der Waals surface area contributed by atoms with Gasteiger partial charge in [0.1, 0.15) is 17.2 Å². The average Bonchev–Trinajstić information content (AvgIpc) is 3.31. The summed E-state index contributed by atoms with van der Waals surface area (Å²) < 4.78 is 13.0. The van der Waals surface area contributed by atoms with Crippen molar-refractivity contribution in [1.82, 2.24) is 15.2 Å². The molecule has 0 atom stereocenters. The van der Waals surface area contributed by atoms with Crippen LogP contribution in [0.25, 0.3) is 16.9 Å². The highest BCUT2D eigenvalue weighted by Gasteiger charge is 2.12.